The van der Waals surface area contributed by atoms with Crippen LogP contribution in [0.4, 0.5) is 0 Å². The van der Waals surface area contributed by atoms with Crippen LogP contribution in [-0.2, 0) is 4.79 Å². The highest BCUT2D eigenvalue weighted by molar-refractivity contribution is 5.66. The number of aliphatic carboxylic acids is 1. The van der Waals surface area contributed by atoms with Gasteiger partial charge in [0.25, 0.3) is 0 Å². The van der Waals surface area contributed by atoms with E-state index in [0.29, 0.717) is 13.0 Å². The molecule has 0 saturated heterocycles. The van der Waals surface area contributed by atoms with Crippen molar-refractivity contribution < 1.29 is 15.0 Å². The molecule has 0 heterocycles. The molecule has 0 radical (unpaired) electrons. The van der Waals surface area contributed by atoms with Gasteiger partial charge in [0.15, 0.2) is 0 Å². The van der Waals surface area contributed by atoms with Crippen LogP contribution in [-0.4, -0.2) is 22.8 Å². The highest BCUT2D eigenvalue weighted by Gasteiger charge is 1.96. The molecule has 0 aliphatic rings. The van der Waals surface area contributed by atoms with Crippen molar-refractivity contribution in [3.05, 3.63) is 12.2 Å². The van der Waals surface area contributed by atoms with Gasteiger partial charge in [-0.3, -0.25) is 4.79 Å². The van der Waals surface area contributed by atoms with Crippen molar-refractivity contribution in [2.75, 3.05) is 6.61 Å². The van der Waals surface area contributed by atoms with Gasteiger partial charge in [0.1, 0.15) is 0 Å². The van der Waals surface area contributed by atoms with Gasteiger partial charge in [-0.2, -0.15) is 0 Å². The molecular weight excluding hydrogens is 288 g/mol. The van der Waals surface area contributed by atoms with Crippen LogP contribution >= 0.6 is 0 Å². The zero-order valence-corrected chi connectivity index (χ0v) is 15.0. The molecule has 136 valence electrons. The Bertz CT molecular complexity index is 274. The lowest BCUT2D eigenvalue weighted by Crippen LogP contribution is -1.93. The van der Waals surface area contributed by atoms with Gasteiger partial charge in [0, 0.05) is 13.0 Å². The van der Waals surface area contributed by atoms with E-state index in [4.69, 9.17) is 10.2 Å². The van der Waals surface area contributed by atoms with E-state index >= 15 is 0 Å². The maximum absolute atomic E-state index is 10.4. The standard InChI is InChI=1S/C20H38O3/c21-19-17-15-13-11-9-7-5-3-1-2-4-6-8-10-12-14-16-18-20(22)23/h2,4,21H,1,3,5-19H2,(H,22,23). The topological polar surface area (TPSA) is 57.5 Å². The van der Waals surface area contributed by atoms with Crippen LogP contribution in [0.3, 0.4) is 0 Å². The number of allylic oxidation sites excluding steroid dienone is 2. The van der Waals surface area contributed by atoms with Gasteiger partial charge in [-0.15, -0.1) is 0 Å². The number of aliphatic hydroxyl groups is 1. The van der Waals surface area contributed by atoms with E-state index in [1.165, 1.54) is 77.0 Å². The predicted molar refractivity (Wildman–Crippen MR) is 97.7 cm³/mol. The lowest BCUT2D eigenvalue weighted by Gasteiger charge is -2.00. The average molecular weight is 327 g/mol. The Kier molecular flexibility index (Phi) is 18.5. The highest BCUT2D eigenvalue weighted by atomic mass is 16.4. The number of rotatable bonds is 18. The lowest BCUT2D eigenvalue weighted by atomic mass is 10.1. The fraction of sp³-hybridized carbons (Fsp3) is 0.850. The summed E-state index contributed by atoms with van der Waals surface area (Å²) in [6.07, 6.45) is 22.9. The molecule has 0 unspecified atom stereocenters. The molecule has 2 N–H and O–H groups in total. The second kappa shape index (κ2) is 19.2. The summed E-state index contributed by atoms with van der Waals surface area (Å²) in [5.41, 5.74) is 0. The van der Waals surface area contributed by atoms with Crippen molar-refractivity contribution in [2.45, 2.75) is 103 Å². The largest absolute Gasteiger partial charge is 0.481 e. The summed E-state index contributed by atoms with van der Waals surface area (Å²) in [6, 6.07) is 0. The maximum atomic E-state index is 10.4. The van der Waals surface area contributed by atoms with Gasteiger partial charge in [-0.25, -0.2) is 0 Å². The summed E-state index contributed by atoms with van der Waals surface area (Å²) in [5, 5.41) is 17.2. The number of hydrogen-bond donors (Lipinski definition) is 2. The SMILES string of the molecule is O=C(O)CCCCCCCC=CCCCCCCCCCCO. The Morgan fingerprint density at radius 1 is 0.609 bits per heavy atom. The molecule has 0 fully saturated rings. The number of aliphatic hydroxyl groups excluding tert-OH is 1. The average Bonchev–Trinajstić information content (AvgIpc) is 2.53. The van der Waals surface area contributed by atoms with E-state index in [0.717, 1.165) is 19.3 Å². The Morgan fingerprint density at radius 2 is 1.00 bits per heavy atom. The normalized spacial score (nSPS) is 11.3. The maximum Gasteiger partial charge on any atom is 0.303 e. The van der Waals surface area contributed by atoms with E-state index in [2.05, 4.69) is 12.2 Å². The fourth-order valence-electron chi connectivity index (χ4n) is 2.74. The van der Waals surface area contributed by atoms with Crippen molar-refractivity contribution in [3.63, 3.8) is 0 Å². The van der Waals surface area contributed by atoms with Crippen molar-refractivity contribution in [2.24, 2.45) is 0 Å². The van der Waals surface area contributed by atoms with E-state index in [-0.39, 0.29) is 0 Å². The second-order valence-corrected chi connectivity index (χ2v) is 6.51. The summed E-state index contributed by atoms with van der Waals surface area (Å²) in [7, 11) is 0. The number of carbonyl (C=O) groups is 1. The van der Waals surface area contributed by atoms with Gasteiger partial charge in [0.05, 0.1) is 0 Å². The smallest absolute Gasteiger partial charge is 0.303 e. The number of unbranched alkanes of at least 4 members (excludes halogenated alkanes) is 13. The first kappa shape index (κ1) is 22.2. The van der Waals surface area contributed by atoms with Crippen LogP contribution < -0.4 is 0 Å². The monoisotopic (exact) mass is 326 g/mol. The molecule has 0 aliphatic heterocycles. The Morgan fingerprint density at radius 3 is 1.43 bits per heavy atom. The van der Waals surface area contributed by atoms with Crippen LogP contribution in [0.15, 0.2) is 12.2 Å². The van der Waals surface area contributed by atoms with E-state index in [1.807, 2.05) is 0 Å². The molecule has 0 aliphatic carbocycles. The van der Waals surface area contributed by atoms with Crippen LogP contribution in [0.25, 0.3) is 0 Å². The van der Waals surface area contributed by atoms with Crippen molar-refractivity contribution >= 4 is 5.97 Å². The quantitative estimate of drug-likeness (QED) is 0.245. The molecule has 0 bridgehead atoms. The minimum atomic E-state index is -0.672. The molecule has 23 heavy (non-hydrogen) atoms. The third kappa shape index (κ3) is 21.2. The van der Waals surface area contributed by atoms with Crippen molar-refractivity contribution in [1.82, 2.24) is 0 Å². The van der Waals surface area contributed by atoms with Gasteiger partial charge in [0.2, 0.25) is 0 Å². The predicted octanol–water partition coefficient (Wildman–Crippen LogP) is 5.86. The van der Waals surface area contributed by atoms with Crippen LogP contribution in [0.1, 0.15) is 103 Å². The summed E-state index contributed by atoms with van der Waals surface area (Å²) >= 11 is 0. The highest BCUT2D eigenvalue weighted by Crippen LogP contribution is 2.11. The molecule has 0 spiro atoms. The van der Waals surface area contributed by atoms with E-state index in [9.17, 15) is 4.79 Å². The zero-order chi connectivity index (χ0) is 17.0. The minimum absolute atomic E-state index is 0.322. The first-order chi connectivity index (χ1) is 11.3. The lowest BCUT2D eigenvalue weighted by molar-refractivity contribution is -0.137. The second-order valence-electron chi connectivity index (χ2n) is 6.51. The summed E-state index contributed by atoms with van der Waals surface area (Å²) in [6.45, 7) is 0.344. The summed E-state index contributed by atoms with van der Waals surface area (Å²) < 4.78 is 0. The number of carboxylic acid groups (broad SMARTS) is 1. The van der Waals surface area contributed by atoms with Crippen molar-refractivity contribution in [3.8, 4) is 0 Å². The Balaban J connectivity index is 3.07. The molecule has 3 nitrogen and oxygen atoms in total. The molecule has 0 aromatic rings. The Labute approximate surface area is 143 Å². The van der Waals surface area contributed by atoms with Gasteiger partial charge >= 0.3 is 5.97 Å². The van der Waals surface area contributed by atoms with Gasteiger partial charge in [-0.1, -0.05) is 69.9 Å². The molecule has 0 atom stereocenters. The summed E-state index contributed by atoms with van der Waals surface area (Å²) in [5.74, 6) is -0.672. The molecule has 0 aromatic heterocycles. The first-order valence-corrected chi connectivity index (χ1v) is 9.75. The van der Waals surface area contributed by atoms with Crippen LogP contribution in [0, 0.1) is 0 Å². The fourth-order valence-corrected chi connectivity index (χ4v) is 2.74. The molecule has 0 rings (SSSR count). The van der Waals surface area contributed by atoms with Crippen LogP contribution in [0.5, 0.6) is 0 Å². The van der Waals surface area contributed by atoms with E-state index in [1.54, 1.807) is 0 Å². The molecular formula is C20H38O3. The molecule has 3 heteroatoms. The van der Waals surface area contributed by atoms with Gasteiger partial charge in [-0.05, 0) is 38.5 Å². The first-order valence-electron chi connectivity index (χ1n) is 9.75. The number of hydrogen-bond acceptors (Lipinski definition) is 2. The minimum Gasteiger partial charge on any atom is -0.481 e. The van der Waals surface area contributed by atoms with Crippen molar-refractivity contribution in [1.29, 1.82) is 0 Å². The summed E-state index contributed by atoms with van der Waals surface area (Å²) in [4.78, 5) is 10.4. The van der Waals surface area contributed by atoms with E-state index < -0.39 is 5.97 Å². The Hall–Kier alpha value is -0.830. The molecule has 0 amide bonds. The van der Waals surface area contributed by atoms with Gasteiger partial charge < -0.3 is 10.2 Å². The molecule has 0 aromatic carbocycles. The third-order valence-corrected chi connectivity index (χ3v) is 4.21. The van der Waals surface area contributed by atoms with Crippen LogP contribution in [0.2, 0.25) is 0 Å². The zero-order valence-electron chi connectivity index (χ0n) is 15.0. The third-order valence-electron chi connectivity index (χ3n) is 4.21. The molecule has 0 saturated carbocycles. The number of carboxylic acids is 1.